The molecular formula is C40H42N6. The van der Waals surface area contributed by atoms with Crippen LogP contribution in [-0.4, -0.2) is 0 Å². The second-order valence-corrected chi connectivity index (χ2v) is 9.84. The van der Waals surface area contributed by atoms with Crippen molar-refractivity contribution < 1.29 is 0 Å². The number of benzene rings is 3. The van der Waals surface area contributed by atoms with Gasteiger partial charge < -0.3 is 16.8 Å². The minimum atomic E-state index is -0.175. The van der Waals surface area contributed by atoms with E-state index in [9.17, 15) is 15.8 Å². The molecule has 0 aliphatic rings. The molecule has 0 aliphatic heterocycles. The van der Waals surface area contributed by atoms with E-state index < -0.39 is 0 Å². The number of nitrogens with zero attached hydrogens (tertiary/aromatic N) is 3. The molecule has 3 aromatic carbocycles. The van der Waals surface area contributed by atoms with Gasteiger partial charge in [0.05, 0.1) is 41.0 Å². The SMILES string of the molecule is C=C(/C(C#N)=C\C)c1ccc(CNC(c2ccc(C(=C/N)/C(C#N)=C\C)cc2)c2ccc(C(=C/N)/C(C#N)=C\C)cc2)cc1.CC. The maximum atomic E-state index is 9.52. The van der Waals surface area contributed by atoms with Gasteiger partial charge in [0.2, 0.25) is 0 Å². The molecule has 0 spiro atoms. The highest BCUT2D eigenvalue weighted by atomic mass is 14.9. The van der Waals surface area contributed by atoms with Gasteiger partial charge in [-0.2, -0.15) is 15.8 Å². The van der Waals surface area contributed by atoms with Crippen LogP contribution < -0.4 is 16.8 Å². The van der Waals surface area contributed by atoms with E-state index >= 15 is 0 Å². The molecule has 0 heterocycles. The first-order valence-electron chi connectivity index (χ1n) is 15.2. The molecule has 6 nitrogen and oxygen atoms in total. The Morgan fingerprint density at radius 1 is 0.652 bits per heavy atom. The Bertz CT molecular complexity index is 1670. The summed E-state index contributed by atoms with van der Waals surface area (Å²) in [7, 11) is 0. The van der Waals surface area contributed by atoms with Gasteiger partial charge in [0.15, 0.2) is 0 Å². The summed E-state index contributed by atoms with van der Waals surface area (Å²) in [5, 5.41) is 32.1. The maximum Gasteiger partial charge on any atom is 0.0995 e. The topological polar surface area (TPSA) is 135 Å². The second kappa shape index (κ2) is 18.7. The number of hydrogen-bond donors (Lipinski definition) is 3. The molecule has 0 saturated carbocycles. The maximum absolute atomic E-state index is 9.52. The largest absolute Gasteiger partial charge is 0.404 e. The lowest BCUT2D eigenvalue weighted by atomic mass is 9.92. The van der Waals surface area contributed by atoms with Crippen molar-refractivity contribution in [2.24, 2.45) is 11.5 Å². The van der Waals surface area contributed by atoms with E-state index in [1.807, 2.05) is 107 Å². The minimum Gasteiger partial charge on any atom is -0.404 e. The molecule has 0 amide bonds. The highest BCUT2D eigenvalue weighted by Crippen LogP contribution is 2.29. The molecule has 5 N–H and O–H groups in total. The van der Waals surface area contributed by atoms with Crippen LogP contribution in [0.1, 0.15) is 74.0 Å². The fourth-order valence-corrected chi connectivity index (χ4v) is 4.89. The van der Waals surface area contributed by atoms with E-state index in [2.05, 4.69) is 30.1 Å². The van der Waals surface area contributed by atoms with Gasteiger partial charge in [-0.05, 0) is 59.7 Å². The first-order valence-corrected chi connectivity index (χ1v) is 15.2. The molecule has 0 saturated heterocycles. The monoisotopic (exact) mass is 606 g/mol. The van der Waals surface area contributed by atoms with Gasteiger partial charge in [-0.1, -0.05) is 111 Å². The van der Waals surface area contributed by atoms with Crippen molar-refractivity contribution in [1.82, 2.24) is 5.32 Å². The van der Waals surface area contributed by atoms with Crippen LogP contribution in [0.2, 0.25) is 0 Å². The molecule has 0 unspecified atom stereocenters. The lowest BCUT2D eigenvalue weighted by Crippen LogP contribution is -2.22. The molecule has 3 aromatic rings. The normalized spacial score (nSPS) is 12.4. The molecule has 0 bridgehead atoms. The third kappa shape index (κ3) is 8.84. The number of nitrogens with two attached hydrogens (primary N) is 2. The smallest absolute Gasteiger partial charge is 0.0995 e. The molecular weight excluding hydrogens is 564 g/mol. The predicted octanol–water partition coefficient (Wildman–Crippen LogP) is 8.61. The fourth-order valence-electron chi connectivity index (χ4n) is 4.89. The Hall–Kier alpha value is -5.87. The zero-order valence-corrected chi connectivity index (χ0v) is 27.3. The Morgan fingerprint density at radius 2 is 1.02 bits per heavy atom. The first kappa shape index (κ1) is 36.3. The van der Waals surface area contributed by atoms with Crippen molar-refractivity contribution >= 4 is 16.7 Å². The van der Waals surface area contributed by atoms with Crippen LogP contribution in [0.5, 0.6) is 0 Å². The summed E-state index contributed by atoms with van der Waals surface area (Å²) in [6, 6.07) is 30.4. The van der Waals surface area contributed by atoms with Crippen LogP contribution >= 0.6 is 0 Å². The second-order valence-electron chi connectivity index (χ2n) is 9.84. The molecule has 0 fully saturated rings. The van der Waals surface area contributed by atoms with Crippen LogP contribution in [0.3, 0.4) is 0 Å². The number of rotatable bonds is 11. The zero-order valence-electron chi connectivity index (χ0n) is 27.3. The molecule has 46 heavy (non-hydrogen) atoms. The average molecular weight is 607 g/mol. The number of allylic oxidation sites excluding steroid dienone is 9. The van der Waals surface area contributed by atoms with Crippen LogP contribution in [0.4, 0.5) is 0 Å². The van der Waals surface area contributed by atoms with Crippen LogP contribution in [0, 0.1) is 34.0 Å². The number of nitrogens with one attached hydrogen (secondary N) is 1. The van der Waals surface area contributed by atoms with E-state index in [1.54, 1.807) is 18.2 Å². The molecule has 232 valence electrons. The fraction of sp³-hybridized carbons (Fsp3) is 0.175. The van der Waals surface area contributed by atoms with Gasteiger partial charge in [-0.25, -0.2) is 0 Å². The highest BCUT2D eigenvalue weighted by molar-refractivity contribution is 5.83. The van der Waals surface area contributed by atoms with Crippen molar-refractivity contribution in [3.05, 3.63) is 160 Å². The molecule has 0 aromatic heterocycles. The minimum absolute atomic E-state index is 0.175. The van der Waals surface area contributed by atoms with Crippen LogP contribution in [0.25, 0.3) is 16.7 Å². The molecule has 3 rings (SSSR count). The summed E-state index contributed by atoms with van der Waals surface area (Å²) in [5.41, 5.74) is 21.1. The Balaban J connectivity index is 0.00000361. The third-order valence-corrected chi connectivity index (χ3v) is 7.39. The van der Waals surface area contributed by atoms with Gasteiger partial charge in [-0.15, -0.1) is 0 Å². The summed E-state index contributed by atoms with van der Waals surface area (Å²) < 4.78 is 0. The van der Waals surface area contributed by atoms with E-state index in [1.165, 1.54) is 12.4 Å². The van der Waals surface area contributed by atoms with Gasteiger partial charge in [0.25, 0.3) is 0 Å². The first-order chi connectivity index (χ1) is 22.4. The summed E-state index contributed by atoms with van der Waals surface area (Å²) in [5.74, 6) is 0. The molecule has 0 atom stereocenters. The lowest BCUT2D eigenvalue weighted by Gasteiger charge is -2.21. The summed E-state index contributed by atoms with van der Waals surface area (Å²) in [6.07, 6.45) is 8.16. The van der Waals surface area contributed by atoms with E-state index in [-0.39, 0.29) is 6.04 Å². The van der Waals surface area contributed by atoms with Crippen molar-refractivity contribution in [1.29, 1.82) is 15.8 Å². The quantitative estimate of drug-likeness (QED) is 0.148. The van der Waals surface area contributed by atoms with Crippen molar-refractivity contribution in [3.8, 4) is 18.2 Å². The van der Waals surface area contributed by atoms with Crippen molar-refractivity contribution in [2.45, 2.75) is 47.2 Å². The molecule has 6 heteroatoms. The Kier molecular flexibility index (Phi) is 14.8. The van der Waals surface area contributed by atoms with Crippen molar-refractivity contribution in [2.75, 3.05) is 0 Å². The van der Waals surface area contributed by atoms with Crippen molar-refractivity contribution in [3.63, 3.8) is 0 Å². The van der Waals surface area contributed by atoms with Crippen LogP contribution in [0.15, 0.2) is 127 Å². The van der Waals surface area contributed by atoms with Gasteiger partial charge in [0, 0.05) is 30.1 Å². The zero-order chi connectivity index (χ0) is 34.1. The summed E-state index contributed by atoms with van der Waals surface area (Å²) >= 11 is 0. The highest BCUT2D eigenvalue weighted by Gasteiger charge is 2.17. The predicted molar refractivity (Wildman–Crippen MR) is 191 cm³/mol. The Morgan fingerprint density at radius 3 is 1.35 bits per heavy atom. The third-order valence-electron chi connectivity index (χ3n) is 7.39. The van der Waals surface area contributed by atoms with E-state index in [4.69, 9.17) is 11.5 Å². The summed E-state index contributed by atoms with van der Waals surface area (Å²) in [6.45, 7) is 14.1. The van der Waals surface area contributed by atoms with Gasteiger partial charge in [0.1, 0.15) is 0 Å². The van der Waals surface area contributed by atoms with E-state index in [0.29, 0.717) is 40.0 Å². The standard InChI is InChI=1S/C38H36N6.C2H6/c1-5-28(20-39)26(4)31-10-8-27(9-11-31)25-44-38(34-16-12-32(13-17-34)36(23-42)29(6-2)21-40)35-18-14-33(15-19-35)37(24-43)30(7-3)22-41;1-2/h5-19,23-24,38,44H,4,25,42-43H2,1-3H3;1-2H3/b28-5-,29-6-,30-7-,36-23+,37-24+;. The lowest BCUT2D eigenvalue weighted by molar-refractivity contribution is 0.605. The number of nitriles is 3. The van der Waals surface area contributed by atoms with Crippen LogP contribution in [-0.2, 0) is 6.54 Å². The summed E-state index contributed by atoms with van der Waals surface area (Å²) in [4.78, 5) is 0. The Labute approximate surface area is 274 Å². The van der Waals surface area contributed by atoms with Gasteiger partial charge >= 0.3 is 0 Å². The van der Waals surface area contributed by atoms with Gasteiger partial charge in [-0.3, -0.25) is 0 Å². The molecule has 0 radical (unpaired) electrons. The van der Waals surface area contributed by atoms with E-state index in [0.717, 1.165) is 33.4 Å². The molecule has 0 aliphatic carbocycles. The average Bonchev–Trinajstić information content (AvgIpc) is 3.11. The number of hydrogen-bond acceptors (Lipinski definition) is 6.